The van der Waals surface area contributed by atoms with Crippen LogP contribution in [0, 0.1) is 0 Å². The molecule has 1 atom stereocenters. The van der Waals surface area contributed by atoms with E-state index in [9.17, 15) is 0 Å². The zero-order chi connectivity index (χ0) is 10.6. The lowest BCUT2D eigenvalue weighted by Gasteiger charge is -2.07. The maximum atomic E-state index is 7.55. The van der Waals surface area contributed by atoms with Gasteiger partial charge in [-0.1, -0.05) is 19.8 Å². The summed E-state index contributed by atoms with van der Waals surface area (Å²) in [6, 6.07) is 0. The first kappa shape index (κ1) is 13.7. The molecule has 8 nitrogen and oxygen atoms in total. The van der Waals surface area contributed by atoms with E-state index in [0.717, 1.165) is 19.3 Å². The Morgan fingerprint density at radius 1 is 1.07 bits per heavy atom. The lowest BCUT2D eigenvalue weighted by Crippen LogP contribution is -2.09. The van der Waals surface area contributed by atoms with E-state index in [0.29, 0.717) is 0 Å². The molecule has 0 bridgehead atoms. The van der Waals surface area contributed by atoms with Crippen LogP contribution in [-0.2, 0) is 35.1 Å². The van der Waals surface area contributed by atoms with Crippen LogP contribution in [-0.4, -0.2) is 11.4 Å². The topological polar surface area (TPSA) is 84.8 Å². The quantitative estimate of drug-likeness (QED) is 0.333. The minimum absolute atomic E-state index is 0.131. The van der Waals surface area contributed by atoms with Crippen molar-refractivity contribution in [2.75, 3.05) is 0 Å². The Bertz CT molecular complexity index is 110. The van der Waals surface area contributed by atoms with Gasteiger partial charge in [-0.2, -0.15) is 0 Å². The predicted octanol–water partition coefficient (Wildman–Crippen LogP) is 1.64. The van der Waals surface area contributed by atoms with Gasteiger partial charge >= 0.3 is 0 Å². The molecule has 14 heavy (non-hydrogen) atoms. The summed E-state index contributed by atoms with van der Waals surface area (Å²) >= 11 is 0. The average molecular weight is 214 g/mol. The predicted molar refractivity (Wildman–Crippen MR) is 39.2 cm³/mol. The van der Waals surface area contributed by atoms with Gasteiger partial charge in [0.2, 0.25) is 0 Å². The summed E-state index contributed by atoms with van der Waals surface area (Å²) in [5.74, 6) is 0. The largest absolute Gasteiger partial charge is 0.219 e. The number of unbranched alkanes of at least 4 members (excludes halogenated alkanes) is 1. The van der Waals surface area contributed by atoms with Crippen molar-refractivity contribution in [3.63, 3.8) is 0 Å². The highest BCUT2D eigenvalue weighted by Crippen LogP contribution is 2.04. The van der Waals surface area contributed by atoms with E-state index >= 15 is 0 Å². The van der Waals surface area contributed by atoms with Gasteiger partial charge < -0.3 is 0 Å². The highest BCUT2D eigenvalue weighted by atomic mass is 17.9. The normalized spacial score (nSPS) is 13.1. The highest BCUT2D eigenvalue weighted by molar-refractivity contribution is 4.45. The molecule has 0 saturated carbocycles. The summed E-state index contributed by atoms with van der Waals surface area (Å²) in [5, 5.41) is 29.1. The zero-order valence-electron chi connectivity index (χ0n) is 8.00. The number of hydrogen-bond acceptors (Lipinski definition) is 8. The van der Waals surface area contributed by atoms with Gasteiger partial charge in [0, 0.05) is 0 Å². The number of rotatable bonds is 10. The molecule has 0 aliphatic rings. The van der Waals surface area contributed by atoms with Crippen molar-refractivity contribution in [3.8, 4) is 0 Å². The van der Waals surface area contributed by atoms with Crippen molar-refractivity contribution in [2.24, 2.45) is 0 Å². The van der Waals surface area contributed by atoms with Gasteiger partial charge in [0.05, 0.1) is 6.10 Å². The fourth-order valence-corrected chi connectivity index (χ4v) is 0.669. The van der Waals surface area contributed by atoms with Crippen LogP contribution in [0.25, 0.3) is 0 Å². The van der Waals surface area contributed by atoms with Crippen molar-refractivity contribution in [3.05, 3.63) is 0 Å². The van der Waals surface area contributed by atoms with E-state index in [1.165, 1.54) is 0 Å². The Hall–Kier alpha value is -0.320. The molecule has 0 aromatic heterocycles. The molecule has 0 aliphatic heterocycles. The summed E-state index contributed by atoms with van der Waals surface area (Å²) in [5.41, 5.74) is 0. The van der Waals surface area contributed by atoms with Crippen LogP contribution in [0.4, 0.5) is 0 Å². The SMILES string of the molecule is CCCCC(C)OOOOOOOO. The molecule has 0 rings (SSSR count). The monoisotopic (exact) mass is 214 g/mol. The van der Waals surface area contributed by atoms with Gasteiger partial charge in [-0.15, -0.1) is 0 Å². The molecule has 0 aromatic rings. The third-order valence-electron chi connectivity index (χ3n) is 1.31. The van der Waals surface area contributed by atoms with Crippen LogP contribution >= 0.6 is 0 Å². The lowest BCUT2D eigenvalue weighted by molar-refractivity contribution is -0.813. The molecule has 0 aliphatic carbocycles. The van der Waals surface area contributed by atoms with Crippen molar-refractivity contribution in [2.45, 2.75) is 39.2 Å². The molecular formula is C6H14O8. The second-order valence-corrected chi connectivity index (χ2v) is 2.46. The van der Waals surface area contributed by atoms with Gasteiger partial charge in [-0.25, -0.2) is 10.1 Å². The highest BCUT2D eigenvalue weighted by Gasteiger charge is 2.03. The smallest absolute Gasteiger partial charge is 0.0934 e. The summed E-state index contributed by atoms with van der Waals surface area (Å²) < 4.78 is 0. The second-order valence-electron chi connectivity index (χ2n) is 2.46. The minimum Gasteiger partial charge on any atom is -0.219 e. The lowest BCUT2D eigenvalue weighted by atomic mass is 10.2. The molecule has 0 radical (unpaired) electrons. The standard InChI is InChI=1S/C6H14O8/c1-3-4-5-6(2)8-10-12-14-13-11-9-7/h6-7H,3-5H2,1-2H3. The van der Waals surface area contributed by atoms with Crippen LogP contribution in [0.2, 0.25) is 0 Å². The van der Waals surface area contributed by atoms with Gasteiger partial charge in [0.1, 0.15) is 0 Å². The van der Waals surface area contributed by atoms with E-state index in [1.807, 2.05) is 0 Å². The molecule has 0 spiro atoms. The van der Waals surface area contributed by atoms with E-state index in [4.69, 9.17) is 5.26 Å². The summed E-state index contributed by atoms with van der Waals surface area (Å²) in [4.78, 5) is 4.64. The molecule has 8 heteroatoms. The summed E-state index contributed by atoms with van der Waals surface area (Å²) in [6.07, 6.45) is 2.78. The van der Waals surface area contributed by atoms with Crippen LogP contribution < -0.4 is 0 Å². The van der Waals surface area contributed by atoms with E-state index in [1.54, 1.807) is 6.92 Å². The van der Waals surface area contributed by atoms with Gasteiger partial charge in [-0.05, 0) is 43.6 Å². The third kappa shape index (κ3) is 9.77. The molecule has 86 valence electrons. The molecule has 0 amide bonds. The molecule has 1 N–H and O–H groups in total. The first-order valence-electron chi connectivity index (χ1n) is 4.11. The van der Waals surface area contributed by atoms with E-state index in [2.05, 4.69) is 42.0 Å². The fourth-order valence-electron chi connectivity index (χ4n) is 0.669. The molecule has 0 saturated heterocycles. The molecule has 1 unspecified atom stereocenters. The Morgan fingerprint density at radius 2 is 1.71 bits per heavy atom. The molecule has 0 fully saturated rings. The molecule has 0 heterocycles. The van der Waals surface area contributed by atoms with E-state index in [-0.39, 0.29) is 6.10 Å². The van der Waals surface area contributed by atoms with Crippen LogP contribution in [0.1, 0.15) is 33.1 Å². The molecule has 0 aromatic carbocycles. The van der Waals surface area contributed by atoms with Crippen molar-refractivity contribution in [1.29, 1.82) is 0 Å². The van der Waals surface area contributed by atoms with Crippen LogP contribution in [0.15, 0.2) is 0 Å². The van der Waals surface area contributed by atoms with Gasteiger partial charge in [0.25, 0.3) is 0 Å². The van der Waals surface area contributed by atoms with Crippen molar-refractivity contribution >= 4 is 0 Å². The summed E-state index contributed by atoms with van der Waals surface area (Å²) in [6.45, 7) is 3.86. The molecular weight excluding hydrogens is 200 g/mol. The Balaban J connectivity index is 3.02. The third-order valence-corrected chi connectivity index (χ3v) is 1.31. The summed E-state index contributed by atoms with van der Waals surface area (Å²) in [7, 11) is 0. The van der Waals surface area contributed by atoms with Gasteiger partial charge in [-0.3, -0.25) is 0 Å². The Kier molecular flexibility index (Phi) is 10.5. The first-order chi connectivity index (χ1) is 6.81. The Morgan fingerprint density at radius 3 is 2.36 bits per heavy atom. The van der Waals surface area contributed by atoms with Crippen molar-refractivity contribution < 1.29 is 40.4 Å². The Labute approximate surface area is 80.7 Å². The van der Waals surface area contributed by atoms with Gasteiger partial charge in [0.15, 0.2) is 0 Å². The van der Waals surface area contributed by atoms with Crippen molar-refractivity contribution in [1.82, 2.24) is 0 Å². The minimum atomic E-state index is -0.131. The zero-order valence-corrected chi connectivity index (χ0v) is 8.00. The number of hydrogen-bond donors (Lipinski definition) is 1. The fraction of sp³-hybridized carbons (Fsp3) is 1.00. The second kappa shape index (κ2) is 10.8. The van der Waals surface area contributed by atoms with Crippen LogP contribution in [0.5, 0.6) is 0 Å². The first-order valence-corrected chi connectivity index (χ1v) is 4.11. The van der Waals surface area contributed by atoms with E-state index < -0.39 is 0 Å². The average Bonchev–Trinajstić information content (AvgIpc) is 2.20. The maximum absolute atomic E-state index is 7.55. The van der Waals surface area contributed by atoms with Crippen LogP contribution in [0.3, 0.4) is 0 Å². The maximum Gasteiger partial charge on any atom is 0.0934 e.